The summed E-state index contributed by atoms with van der Waals surface area (Å²) in [5, 5.41) is 0. The highest BCUT2D eigenvalue weighted by Crippen LogP contribution is 2.71. The number of hydrogen-bond donors (Lipinski definition) is 0. The standard InChI is InChI=1S/C25H31F3O2/c1-6-20(30)24(5)14(2)11-18-21-17(8-10-23(18,24)4)22(3)9-7-16(29)12-15(22)13-19(21)25(26,27)28/h7-9,12,14,18-19,21H,6,10-11,13H2,1-5H3/t14-,18?,19?,21?,22-,23-,24+/m0/s1. The molecule has 164 valence electrons. The second-order valence-electron chi connectivity index (χ2n) is 10.5. The molecule has 0 radical (unpaired) electrons. The summed E-state index contributed by atoms with van der Waals surface area (Å²) in [7, 11) is 0. The molecule has 0 N–H and O–H groups in total. The van der Waals surface area contributed by atoms with Crippen molar-refractivity contribution in [3.05, 3.63) is 35.5 Å². The zero-order valence-corrected chi connectivity index (χ0v) is 18.4. The van der Waals surface area contributed by atoms with Gasteiger partial charge in [0.15, 0.2) is 5.78 Å². The van der Waals surface area contributed by atoms with Gasteiger partial charge in [0.05, 0.1) is 5.92 Å². The van der Waals surface area contributed by atoms with Crippen molar-refractivity contribution in [2.24, 2.45) is 39.9 Å². The first-order valence-corrected chi connectivity index (χ1v) is 11.1. The van der Waals surface area contributed by atoms with Crippen LogP contribution in [-0.2, 0) is 9.59 Å². The van der Waals surface area contributed by atoms with E-state index in [1.165, 1.54) is 12.2 Å². The third kappa shape index (κ3) is 2.56. The lowest BCUT2D eigenvalue weighted by Gasteiger charge is -2.56. The summed E-state index contributed by atoms with van der Waals surface area (Å²) >= 11 is 0. The van der Waals surface area contributed by atoms with Crippen LogP contribution in [0.3, 0.4) is 0 Å². The van der Waals surface area contributed by atoms with Gasteiger partial charge in [-0.1, -0.05) is 51.0 Å². The molecule has 2 fully saturated rings. The van der Waals surface area contributed by atoms with Gasteiger partial charge in [0.2, 0.25) is 0 Å². The fourth-order valence-electron chi connectivity index (χ4n) is 7.38. The molecule has 0 aliphatic heterocycles. The van der Waals surface area contributed by atoms with Gasteiger partial charge in [0.1, 0.15) is 5.78 Å². The summed E-state index contributed by atoms with van der Waals surface area (Å²) in [6.45, 7) is 9.87. The van der Waals surface area contributed by atoms with E-state index >= 15 is 0 Å². The summed E-state index contributed by atoms with van der Waals surface area (Å²) < 4.78 is 43.1. The second kappa shape index (κ2) is 6.43. The minimum atomic E-state index is -4.36. The molecule has 0 bridgehead atoms. The van der Waals surface area contributed by atoms with Gasteiger partial charge in [-0.25, -0.2) is 0 Å². The Kier molecular flexibility index (Phi) is 4.62. The molecule has 0 amide bonds. The van der Waals surface area contributed by atoms with Crippen molar-refractivity contribution in [3.63, 3.8) is 0 Å². The van der Waals surface area contributed by atoms with Crippen LogP contribution in [0.15, 0.2) is 35.5 Å². The van der Waals surface area contributed by atoms with Crippen molar-refractivity contribution >= 4 is 11.6 Å². The number of Topliss-reactive ketones (excluding diaryl/α,β-unsaturated/α-hetero) is 1. The van der Waals surface area contributed by atoms with Gasteiger partial charge < -0.3 is 0 Å². The van der Waals surface area contributed by atoms with Gasteiger partial charge in [-0.2, -0.15) is 13.2 Å². The predicted molar refractivity (Wildman–Crippen MR) is 109 cm³/mol. The SMILES string of the molecule is CCC(=O)[C@@]1(C)[C@@H](C)CC2C3C(=CC[C@@]21C)[C@@]1(C)C=CC(=O)C=C1CC3C(F)(F)F. The molecule has 0 heterocycles. The zero-order chi connectivity index (χ0) is 22.3. The molecule has 0 spiro atoms. The number of carbonyl (C=O) groups is 2. The van der Waals surface area contributed by atoms with Crippen LogP contribution in [0.2, 0.25) is 0 Å². The average Bonchev–Trinajstić information content (AvgIpc) is 2.88. The summed E-state index contributed by atoms with van der Waals surface area (Å²) in [6, 6.07) is 0. The first-order valence-electron chi connectivity index (χ1n) is 11.1. The van der Waals surface area contributed by atoms with Gasteiger partial charge in [0, 0.05) is 17.3 Å². The molecule has 2 nitrogen and oxygen atoms in total. The van der Waals surface area contributed by atoms with E-state index in [0.717, 1.165) is 5.57 Å². The van der Waals surface area contributed by atoms with Crippen LogP contribution >= 0.6 is 0 Å². The van der Waals surface area contributed by atoms with Gasteiger partial charge in [0.25, 0.3) is 0 Å². The van der Waals surface area contributed by atoms with E-state index in [9.17, 15) is 22.8 Å². The maximum atomic E-state index is 14.4. The van der Waals surface area contributed by atoms with Crippen LogP contribution in [0.25, 0.3) is 0 Å². The third-order valence-corrected chi connectivity index (χ3v) is 9.49. The Hall–Kier alpha value is -1.65. The largest absolute Gasteiger partial charge is 0.392 e. The van der Waals surface area contributed by atoms with E-state index in [-0.39, 0.29) is 29.8 Å². The third-order valence-electron chi connectivity index (χ3n) is 9.49. The van der Waals surface area contributed by atoms with Crippen molar-refractivity contribution in [1.82, 2.24) is 0 Å². The van der Waals surface area contributed by atoms with Crippen LogP contribution in [0.4, 0.5) is 13.2 Å². The number of alkyl halides is 3. The number of carbonyl (C=O) groups excluding carboxylic acids is 2. The molecule has 0 aromatic heterocycles. The lowest BCUT2D eigenvalue weighted by molar-refractivity contribution is -0.200. The molecule has 0 aromatic rings. The van der Waals surface area contributed by atoms with Gasteiger partial charge in [-0.3, -0.25) is 9.59 Å². The lowest BCUT2D eigenvalue weighted by Crippen LogP contribution is -2.53. The average molecular weight is 421 g/mol. The number of ketones is 2. The van der Waals surface area contributed by atoms with Crippen LogP contribution in [0.5, 0.6) is 0 Å². The molecule has 7 atom stereocenters. The fourth-order valence-corrected chi connectivity index (χ4v) is 7.38. The van der Waals surface area contributed by atoms with Crippen molar-refractivity contribution < 1.29 is 22.8 Å². The smallest absolute Gasteiger partial charge is 0.299 e. The Morgan fingerprint density at radius 1 is 1.23 bits per heavy atom. The van der Waals surface area contributed by atoms with Gasteiger partial charge in [-0.05, 0) is 61.5 Å². The Balaban J connectivity index is 1.90. The molecule has 4 aliphatic rings. The van der Waals surface area contributed by atoms with Crippen molar-refractivity contribution in [2.45, 2.75) is 66.5 Å². The number of allylic oxidation sites excluding steroid dienone is 6. The maximum Gasteiger partial charge on any atom is 0.392 e. The fraction of sp³-hybridized carbons (Fsp3) is 0.680. The van der Waals surface area contributed by atoms with Crippen LogP contribution in [0, 0.1) is 39.9 Å². The zero-order valence-electron chi connectivity index (χ0n) is 18.4. The molecule has 5 heteroatoms. The lowest BCUT2D eigenvalue weighted by atomic mass is 9.47. The topological polar surface area (TPSA) is 34.1 Å². The van der Waals surface area contributed by atoms with Crippen molar-refractivity contribution in [2.75, 3.05) is 0 Å². The first kappa shape index (κ1) is 21.6. The van der Waals surface area contributed by atoms with E-state index in [1.54, 1.807) is 6.08 Å². The minimum Gasteiger partial charge on any atom is -0.299 e. The minimum absolute atomic E-state index is 0.0369. The normalized spacial score (nSPS) is 45.3. The van der Waals surface area contributed by atoms with Crippen molar-refractivity contribution in [1.29, 1.82) is 0 Å². The molecular formula is C25H31F3O2. The van der Waals surface area contributed by atoms with Crippen molar-refractivity contribution in [3.8, 4) is 0 Å². The highest BCUT2D eigenvalue weighted by atomic mass is 19.4. The van der Waals surface area contributed by atoms with Crippen LogP contribution in [0.1, 0.15) is 60.3 Å². The molecule has 0 aromatic carbocycles. The molecule has 3 unspecified atom stereocenters. The summed E-state index contributed by atoms with van der Waals surface area (Å²) in [4.78, 5) is 25.0. The molecular weight excluding hydrogens is 389 g/mol. The first-order chi connectivity index (χ1) is 13.8. The predicted octanol–water partition coefficient (Wildman–Crippen LogP) is 6.23. The molecule has 4 aliphatic carbocycles. The number of rotatable bonds is 2. The van der Waals surface area contributed by atoms with Gasteiger partial charge in [-0.15, -0.1) is 0 Å². The summed E-state index contributed by atoms with van der Waals surface area (Å²) in [6.07, 6.45) is 3.83. The maximum absolute atomic E-state index is 14.4. The number of fused-ring (bicyclic) bond motifs is 5. The van der Waals surface area contributed by atoms with E-state index in [1.807, 2.05) is 40.7 Å². The Bertz CT molecular complexity index is 895. The molecule has 2 saturated carbocycles. The quantitative estimate of drug-likeness (QED) is 0.496. The Morgan fingerprint density at radius 3 is 2.50 bits per heavy atom. The van der Waals surface area contributed by atoms with Crippen LogP contribution < -0.4 is 0 Å². The van der Waals surface area contributed by atoms with Gasteiger partial charge >= 0.3 is 6.18 Å². The number of hydrogen-bond acceptors (Lipinski definition) is 2. The molecule has 4 rings (SSSR count). The molecule has 30 heavy (non-hydrogen) atoms. The summed E-state index contributed by atoms with van der Waals surface area (Å²) in [5.41, 5.74) is -0.391. The van der Waals surface area contributed by atoms with E-state index in [4.69, 9.17) is 0 Å². The number of halogens is 3. The highest BCUT2D eigenvalue weighted by Gasteiger charge is 2.68. The second-order valence-corrected chi connectivity index (χ2v) is 10.5. The Labute approximate surface area is 176 Å². The summed E-state index contributed by atoms with van der Waals surface area (Å²) in [5.74, 6) is -2.42. The highest BCUT2D eigenvalue weighted by molar-refractivity contribution is 6.01. The van der Waals surface area contributed by atoms with Crippen LogP contribution in [-0.4, -0.2) is 17.7 Å². The monoisotopic (exact) mass is 420 g/mol. The van der Waals surface area contributed by atoms with E-state index in [2.05, 4.69) is 0 Å². The van der Waals surface area contributed by atoms with E-state index in [0.29, 0.717) is 24.8 Å². The molecule has 0 saturated heterocycles. The van der Waals surface area contributed by atoms with E-state index < -0.39 is 34.3 Å². The Morgan fingerprint density at radius 2 is 1.90 bits per heavy atom.